The smallest absolute Gasteiger partial charge is 0.241 e. The maximum Gasteiger partial charge on any atom is 0.241 e. The Kier molecular flexibility index (Phi) is 7.05. The maximum absolute atomic E-state index is 12.7. The number of pyridine rings is 1. The summed E-state index contributed by atoms with van der Waals surface area (Å²) in [6.45, 7) is 5.18. The normalized spacial score (nSPS) is 13.8. The van der Waals surface area contributed by atoms with E-state index < -0.39 is 11.9 Å². The van der Waals surface area contributed by atoms with Crippen LogP contribution in [-0.2, 0) is 9.59 Å². The summed E-state index contributed by atoms with van der Waals surface area (Å²) >= 11 is 7.69. The second-order valence-electron chi connectivity index (χ2n) is 8.58. The van der Waals surface area contributed by atoms with Gasteiger partial charge in [-0.2, -0.15) is 0 Å². The third-order valence-electron chi connectivity index (χ3n) is 5.84. The lowest BCUT2D eigenvalue weighted by atomic mass is 9.99. The summed E-state index contributed by atoms with van der Waals surface area (Å²) in [7, 11) is 0. The van der Waals surface area contributed by atoms with Crippen molar-refractivity contribution < 1.29 is 9.59 Å². The molecule has 9 nitrogen and oxygen atoms in total. The zero-order chi connectivity index (χ0) is 26.8. The molecule has 0 aliphatic carbocycles. The second kappa shape index (κ2) is 10.6. The lowest BCUT2D eigenvalue weighted by Gasteiger charge is -2.13. The van der Waals surface area contributed by atoms with Gasteiger partial charge in [-0.3, -0.25) is 30.0 Å². The molecule has 0 saturated heterocycles. The van der Waals surface area contributed by atoms with Crippen molar-refractivity contribution in [3.63, 3.8) is 0 Å². The van der Waals surface area contributed by atoms with Crippen LogP contribution in [0, 0.1) is 25.7 Å². The number of hydrogen-bond acceptors (Lipinski definition) is 7. The number of aromatic nitrogens is 4. The molecule has 3 aromatic heterocycles. The summed E-state index contributed by atoms with van der Waals surface area (Å²) < 4.78 is 1.93. The minimum absolute atomic E-state index is 0.0458. The molecule has 0 saturated carbocycles. The van der Waals surface area contributed by atoms with Gasteiger partial charge >= 0.3 is 0 Å². The molecule has 2 amide bonds. The third kappa shape index (κ3) is 5.07. The summed E-state index contributed by atoms with van der Waals surface area (Å²) in [4.78, 5) is 34.2. The molecule has 1 aliphatic rings. The van der Waals surface area contributed by atoms with E-state index in [0.717, 1.165) is 26.6 Å². The predicted octanol–water partition coefficient (Wildman–Crippen LogP) is 3.84. The minimum Gasteiger partial charge on any atom is -0.274 e. The van der Waals surface area contributed by atoms with Crippen LogP contribution in [0.4, 0.5) is 0 Å². The van der Waals surface area contributed by atoms with Crippen molar-refractivity contribution >= 4 is 40.5 Å². The third-order valence-corrected chi connectivity index (χ3v) is 7.29. The molecule has 5 rings (SSSR count). The predicted molar refractivity (Wildman–Crippen MR) is 145 cm³/mol. The van der Waals surface area contributed by atoms with Crippen LogP contribution in [0.1, 0.15) is 58.3 Å². The Morgan fingerprint density at radius 2 is 1.87 bits per heavy atom. The number of carbonyl (C=O) groups is 2. The van der Waals surface area contributed by atoms with Gasteiger partial charge in [0.05, 0.1) is 17.0 Å². The molecule has 190 valence electrons. The number of fused-ring (bicyclic) bond motifs is 3. The Labute approximate surface area is 228 Å². The van der Waals surface area contributed by atoms with E-state index in [1.165, 1.54) is 18.3 Å². The molecule has 4 aromatic rings. The number of nitrogens with one attached hydrogen (secondary N) is 2. The van der Waals surface area contributed by atoms with Crippen molar-refractivity contribution in [2.24, 2.45) is 4.99 Å². The fourth-order valence-electron chi connectivity index (χ4n) is 4.08. The number of aryl methyl sites for hydroxylation is 1. The van der Waals surface area contributed by atoms with Gasteiger partial charge in [-0.05, 0) is 55.5 Å². The van der Waals surface area contributed by atoms with Crippen molar-refractivity contribution in [2.45, 2.75) is 33.2 Å². The van der Waals surface area contributed by atoms with E-state index in [1.54, 1.807) is 18.3 Å². The Balaban J connectivity index is 1.68. The molecule has 1 aliphatic heterocycles. The number of benzene rings is 1. The van der Waals surface area contributed by atoms with Crippen molar-refractivity contribution in [1.82, 2.24) is 30.6 Å². The highest BCUT2D eigenvalue weighted by Gasteiger charge is 2.32. The van der Waals surface area contributed by atoms with E-state index in [1.807, 2.05) is 48.7 Å². The van der Waals surface area contributed by atoms with Gasteiger partial charge in [0, 0.05) is 29.3 Å². The Hall–Kier alpha value is -4.33. The highest BCUT2D eigenvalue weighted by Crippen LogP contribution is 2.39. The molecule has 38 heavy (non-hydrogen) atoms. The van der Waals surface area contributed by atoms with Gasteiger partial charge in [-0.15, -0.1) is 21.5 Å². The standard InChI is InChI=1S/C27H22ClN7O2S/c1-15-22(12-11-20-6-4-5-13-29-20)38-27-24(15)25(18-7-9-19(28)10-8-18)30-21(14-23(37)33-32-17(3)36)26-34-31-16(2)35(26)27/h4-10,13,21H,14H2,1-3H3,(H,32,36)(H,33,37)/t21-/m0/s1. The molecule has 0 fully saturated rings. The minimum atomic E-state index is -0.655. The fraction of sp³-hybridized carbons (Fsp3) is 0.185. The summed E-state index contributed by atoms with van der Waals surface area (Å²) in [5.41, 5.74) is 8.77. The van der Waals surface area contributed by atoms with Crippen LogP contribution < -0.4 is 10.9 Å². The molecule has 0 radical (unpaired) electrons. The molecule has 2 N–H and O–H groups in total. The fourth-order valence-corrected chi connectivity index (χ4v) is 5.43. The van der Waals surface area contributed by atoms with Gasteiger partial charge in [0.25, 0.3) is 0 Å². The number of halogens is 1. The molecule has 0 bridgehead atoms. The topological polar surface area (TPSA) is 114 Å². The van der Waals surface area contributed by atoms with E-state index in [9.17, 15) is 9.59 Å². The highest BCUT2D eigenvalue weighted by molar-refractivity contribution is 7.15. The lowest BCUT2D eigenvalue weighted by molar-refractivity contribution is -0.128. The number of carbonyl (C=O) groups excluding carboxylic acids is 2. The molecule has 0 unspecified atom stereocenters. The highest BCUT2D eigenvalue weighted by atomic mass is 35.5. The Bertz CT molecular complexity index is 1630. The molecule has 0 spiro atoms. The van der Waals surface area contributed by atoms with Crippen LogP contribution in [0.25, 0.3) is 5.00 Å². The maximum atomic E-state index is 12.7. The van der Waals surface area contributed by atoms with Crippen LogP contribution in [0.5, 0.6) is 0 Å². The van der Waals surface area contributed by atoms with E-state index in [0.29, 0.717) is 28.1 Å². The Morgan fingerprint density at radius 1 is 1.08 bits per heavy atom. The average molecular weight is 544 g/mol. The lowest BCUT2D eigenvalue weighted by Crippen LogP contribution is -2.40. The monoisotopic (exact) mass is 543 g/mol. The van der Waals surface area contributed by atoms with Gasteiger partial charge in [0.1, 0.15) is 22.6 Å². The molecule has 11 heteroatoms. The molecular weight excluding hydrogens is 522 g/mol. The van der Waals surface area contributed by atoms with Gasteiger partial charge in [-0.25, -0.2) is 4.98 Å². The van der Waals surface area contributed by atoms with Crippen molar-refractivity contribution in [1.29, 1.82) is 0 Å². The number of amides is 2. The number of rotatable bonds is 3. The van der Waals surface area contributed by atoms with Crippen molar-refractivity contribution in [3.05, 3.63) is 92.6 Å². The number of thiophene rings is 1. The molecular formula is C27H22ClN7O2S. The molecule has 1 atom stereocenters. The van der Waals surface area contributed by atoms with E-state index in [-0.39, 0.29) is 12.3 Å². The average Bonchev–Trinajstić information content (AvgIpc) is 3.40. The summed E-state index contributed by atoms with van der Waals surface area (Å²) in [6.07, 6.45) is 1.66. The van der Waals surface area contributed by atoms with Gasteiger partial charge in [0.2, 0.25) is 11.8 Å². The second-order valence-corrected chi connectivity index (χ2v) is 10.0. The zero-order valence-corrected chi connectivity index (χ0v) is 22.3. The first-order valence-electron chi connectivity index (χ1n) is 11.7. The molecule has 1 aromatic carbocycles. The van der Waals surface area contributed by atoms with E-state index in [2.05, 4.69) is 37.9 Å². The summed E-state index contributed by atoms with van der Waals surface area (Å²) in [5, 5.41) is 10.2. The number of aliphatic imine (C=N–C) groups is 1. The Morgan fingerprint density at radius 3 is 2.58 bits per heavy atom. The number of hydrogen-bond donors (Lipinski definition) is 2. The van der Waals surface area contributed by atoms with Gasteiger partial charge in [-0.1, -0.05) is 29.8 Å². The largest absolute Gasteiger partial charge is 0.274 e. The van der Waals surface area contributed by atoms with Crippen LogP contribution in [0.3, 0.4) is 0 Å². The van der Waals surface area contributed by atoms with Gasteiger partial charge < -0.3 is 0 Å². The number of nitrogens with zero attached hydrogens (tertiary/aromatic N) is 5. The summed E-state index contributed by atoms with van der Waals surface area (Å²) in [6, 6.07) is 12.4. The quantitative estimate of drug-likeness (QED) is 0.301. The first-order chi connectivity index (χ1) is 18.3. The zero-order valence-electron chi connectivity index (χ0n) is 20.7. The van der Waals surface area contributed by atoms with Crippen LogP contribution in [0.2, 0.25) is 5.02 Å². The van der Waals surface area contributed by atoms with Gasteiger partial charge in [0.15, 0.2) is 5.82 Å². The van der Waals surface area contributed by atoms with Crippen LogP contribution in [-0.4, -0.2) is 37.3 Å². The van der Waals surface area contributed by atoms with Crippen molar-refractivity contribution in [2.75, 3.05) is 0 Å². The van der Waals surface area contributed by atoms with Crippen LogP contribution >= 0.6 is 22.9 Å². The SMILES string of the molecule is CC(=O)NNC(=O)C[C@@H]1N=C(c2ccc(Cl)cc2)c2c(sc(C#Cc3ccccn3)c2C)-n2c(C)nnc21. The number of hydrazine groups is 1. The van der Waals surface area contributed by atoms with Crippen molar-refractivity contribution in [3.8, 4) is 16.8 Å². The van der Waals surface area contributed by atoms with Crippen LogP contribution in [0.15, 0.2) is 53.7 Å². The summed E-state index contributed by atoms with van der Waals surface area (Å²) in [5.74, 6) is 6.82. The van der Waals surface area contributed by atoms with E-state index in [4.69, 9.17) is 16.6 Å². The van der Waals surface area contributed by atoms with E-state index >= 15 is 0 Å². The molecule has 4 heterocycles. The first-order valence-corrected chi connectivity index (χ1v) is 12.9. The first kappa shape index (κ1) is 25.3.